The number of hydrogen-bond donors (Lipinski definition) is 2. The first-order valence-electron chi connectivity index (χ1n) is 8.82. The van der Waals surface area contributed by atoms with E-state index in [-0.39, 0.29) is 30.2 Å². The van der Waals surface area contributed by atoms with Gasteiger partial charge in [0, 0.05) is 19.0 Å². The molecule has 3 rings (SSSR count). The highest BCUT2D eigenvalue weighted by Gasteiger charge is 2.25. The molecule has 2 aromatic rings. The summed E-state index contributed by atoms with van der Waals surface area (Å²) in [5, 5.41) is 11.4. The van der Waals surface area contributed by atoms with Crippen LogP contribution in [0.2, 0.25) is 5.02 Å². The lowest BCUT2D eigenvalue weighted by atomic mass is 9.95. The average Bonchev–Trinajstić information content (AvgIpc) is 3.02. The number of nitrogens with zero attached hydrogens (tertiary/aromatic N) is 3. The minimum absolute atomic E-state index is 0. The summed E-state index contributed by atoms with van der Waals surface area (Å²) in [5.41, 5.74) is 0.742. The third kappa shape index (κ3) is 4.55. The molecule has 1 aliphatic heterocycles. The van der Waals surface area contributed by atoms with Crippen LogP contribution in [0.5, 0.6) is 0 Å². The predicted molar refractivity (Wildman–Crippen MR) is 106 cm³/mol. The van der Waals surface area contributed by atoms with Crippen LogP contribution in [0.1, 0.15) is 43.1 Å². The number of aryl methyl sites for hydroxylation is 1. The van der Waals surface area contributed by atoms with Crippen LogP contribution in [-0.2, 0) is 6.42 Å². The van der Waals surface area contributed by atoms with Crippen LogP contribution in [0.3, 0.4) is 0 Å². The highest BCUT2D eigenvalue weighted by atomic mass is 35.5. The van der Waals surface area contributed by atoms with Crippen molar-refractivity contribution in [2.45, 2.75) is 39.2 Å². The Morgan fingerprint density at radius 1 is 1.42 bits per heavy atom. The molecule has 1 amide bonds. The van der Waals surface area contributed by atoms with E-state index in [1.54, 1.807) is 4.68 Å². The Labute approximate surface area is 165 Å². The summed E-state index contributed by atoms with van der Waals surface area (Å²) in [7, 11) is 0. The van der Waals surface area contributed by atoms with Crippen LogP contribution >= 0.6 is 24.0 Å². The van der Waals surface area contributed by atoms with Crippen LogP contribution in [-0.4, -0.2) is 39.8 Å². The standard InChI is InChI=1S/C18H24ClN5O.ClH/c1-3-6-16-22-17(18(25)21-14-11-20-10-9-12(14)2)23-24(16)15-8-5-4-7-13(15)19;/h4-5,7-8,12,14,20H,3,6,9-11H2,1-2H3,(H,21,25);1H. The van der Waals surface area contributed by atoms with E-state index in [1.807, 2.05) is 24.3 Å². The number of benzene rings is 1. The molecule has 1 aliphatic rings. The number of amides is 1. The molecule has 6 nitrogen and oxygen atoms in total. The van der Waals surface area contributed by atoms with E-state index in [2.05, 4.69) is 34.6 Å². The van der Waals surface area contributed by atoms with Crippen molar-refractivity contribution in [3.05, 3.63) is 40.9 Å². The van der Waals surface area contributed by atoms with Gasteiger partial charge in [0.05, 0.1) is 10.7 Å². The monoisotopic (exact) mass is 397 g/mol. The topological polar surface area (TPSA) is 71.8 Å². The summed E-state index contributed by atoms with van der Waals surface area (Å²) in [6, 6.07) is 7.55. The van der Waals surface area contributed by atoms with Crippen LogP contribution in [0.15, 0.2) is 24.3 Å². The van der Waals surface area contributed by atoms with Crippen LogP contribution in [0, 0.1) is 5.92 Å². The first-order valence-corrected chi connectivity index (χ1v) is 9.20. The summed E-state index contributed by atoms with van der Waals surface area (Å²) in [5.74, 6) is 1.14. The summed E-state index contributed by atoms with van der Waals surface area (Å²) >= 11 is 6.30. The molecule has 1 saturated heterocycles. The Morgan fingerprint density at radius 3 is 2.88 bits per heavy atom. The van der Waals surface area contributed by atoms with Gasteiger partial charge in [-0.05, 0) is 37.4 Å². The lowest BCUT2D eigenvalue weighted by Crippen LogP contribution is -2.50. The van der Waals surface area contributed by atoms with E-state index in [1.165, 1.54) is 0 Å². The van der Waals surface area contributed by atoms with Gasteiger partial charge in [0.2, 0.25) is 5.82 Å². The molecule has 8 heteroatoms. The fraction of sp³-hybridized carbons (Fsp3) is 0.500. The highest BCUT2D eigenvalue weighted by molar-refractivity contribution is 6.32. The van der Waals surface area contributed by atoms with Crippen molar-refractivity contribution in [3.63, 3.8) is 0 Å². The number of nitrogens with one attached hydrogen (secondary N) is 2. The third-order valence-electron chi connectivity index (χ3n) is 4.58. The number of carbonyl (C=O) groups excluding carboxylic acids is 1. The second-order valence-corrected chi connectivity index (χ2v) is 6.92. The molecule has 1 fully saturated rings. The minimum Gasteiger partial charge on any atom is -0.345 e. The lowest BCUT2D eigenvalue weighted by Gasteiger charge is -2.29. The van der Waals surface area contributed by atoms with Crippen LogP contribution in [0.4, 0.5) is 0 Å². The van der Waals surface area contributed by atoms with Crippen molar-refractivity contribution >= 4 is 29.9 Å². The number of piperidine rings is 1. The van der Waals surface area contributed by atoms with E-state index in [0.717, 1.165) is 43.9 Å². The number of halogens is 2. The first kappa shape index (κ1) is 20.7. The SMILES string of the molecule is CCCc1nc(C(=O)NC2CNCCC2C)nn1-c1ccccc1Cl.Cl. The van der Waals surface area contributed by atoms with Gasteiger partial charge < -0.3 is 10.6 Å². The van der Waals surface area contributed by atoms with Crippen LogP contribution < -0.4 is 10.6 Å². The molecule has 26 heavy (non-hydrogen) atoms. The molecule has 2 N–H and O–H groups in total. The summed E-state index contributed by atoms with van der Waals surface area (Å²) in [6.45, 7) is 6.00. The van der Waals surface area contributed by atoms with Gasteiger partial charge >= 0.3 is 0 Å². The molecule has 0 saturated carbocycles. The zero-order valence-electron chi connectivity index (χ0n) is 15.0. The summed E-state index contributed by atoms with van der Waals surface area (Å²) in [4.78, 5) is 17.1. The number of hydrogen-bond acceptors (Lipinski definition) is 4. The van der Waals surface area contributed by atoms with Crippen molar-refractivity contribution in [1.29, 1.82) is 0 Å². The molecule has 142 valence electrons. The van der Waals surface area contributed by atoms with Gasteiger partial charge in [-0.2, -0.15) is 0 Å². The quantitative estimate of drug-likeness (QED) is 0.812. The van der Waals surface area contributed by atoms with E-state index in [4.69, 9.17) is 11.6 Å². The molecule has 0 aliphatic carbocycles. The number of aromatic nitrogens is 3. The van der Waals surface area contributed by atoms with Gasteiger partial charge in [-0.25, -0.2) is 9.67 Å². The van der Waals surface area contributed by atoms with Crippen LogP contribution in [0.25, 0.3) is 5.69 Å². The van der Waals surface area contributed by atoms with E-state index >= 15 is 0 Å². The maximum atomic E-state index is 12.6. The smallest absolute Gasteiger partial charge is 0.291 e. The molecular weight excluding hydrogens is 373 g/mol. The Kier molecular flexibility index (Phi) is 7.43. The normalized spacial score (nSPS) is 19.7. The Balaban J connectivity index is 0.00000243. The molecular formula is C18H25Cl2N5O. The van der Waals surface area contributed by atoms with Crippen molar-refractivity contribution in [1.82, 2.24) is 25.4 Å². The molecule has 1 aromatic heterocycles. The van der Waals surface area contributed by atoms with E-state index in [0.29, 0.717) is 10.9 Å². The maximum Gasteiger partial charge on any atom is 0.291 e. The van der Waals surface area contributed by atoms with Gasteiger partial charge in [-0.15, -0.1) is 17.5 Å². The Morgan fingerprint density at radius 2 is 2.19 bits per heavy atom. The molecule has 0 bridgehead atoms. The fourth-order valence-electron chi connectivity index (χ4n) is 3.06. The molecule has 2 unspecified atom stereocenters. The first-order chi connectivity index (χ1) is 12.1. The Hall–Kier alpha value is -1.63. The minimum atomic E-state index is -0.233. The number of rotatable bonds is 5. The van der Waals surface area contributed by atoms with Crippen molar-refractivity contribution < 1.29 is 4.79 Å². The largest absolute Gasteiger partial charge is 0.345 e. The fourth-order valence-corrected chi connectivity index (χ4v) is 3.27. The molecule has 2 heterocycles. The third-order valence-corrected chi connectivity index (χ3v) is 4.90. The summed E-state index contributed by atoms with van der Waals surface area (Å²) < 4.78 is 1.68. The number of para-hydroxylation sites is 1. The van der Waals surface area contributed by atoms with Crippen molar-refractivity contribution in [3.8, 4) is 5.69 Å². The van der Waals surface area contributed by atoms with Gasteiger partial charge in [0.1, 0.15) is 5.82 Å². The predicted octanol–water partition coefficient (Wildman–Crippen LogP) is 3.02. The average molecular weight is 398 g/mol. The second kappa shape index (κ2) is 9.35. The van der Waals surface area contributed by atoms with E-state index < -0.39 is 0 Å². The lowest BCUT2D eigenvalue weighted by molar-refractivity contribution is 0.0904. The molecule has 1 aromatic carbocycles. The molecule has 2 atom stereocenters. The zero-order chi connectivity index (χ0) is 17.8. The molecule has 0 radical (unpaired) electrons. The summed E-state index contributed by atoms with van der Waals surface area (Å²) in [6.07, 6.45) is 2.69. The van der Waals surface area contributed by atoms with Crippen molar-refractivity contribution in [2.24, 2.45) is 5.92 Å². The van der Waals surface area contributed by atoms with Gasteiger partial charge in [-0.3, -0.25) is 4.79 Å². The highest BCUT2D eigenvalue weighted by Crippen LogP contribution is 2.21. The van der Waals surface area contributed by atoms with E-state index in [9.17, 15) is 4.79 Å². The van der Waals surface area contributed by atoms with Gasteiger partial charge in [0.25, 0.3) is 5.91 Å². The maximum absolute atomic E-state index is 12.6. The molecule has 0 spiro atoms. The zero-order valence-corrected chi connectivity index (χ0v) is 16.6. The second-order valence-electron chi connectivity index (χ2n) is 6.51. The van der Waals surface area contributed by atoms with Crippen molar-refractivity contribution in [2.75, 3.05) is 13.1 Å². The van der Waals surface area contributed by atoms with Gasteiger partial charge in [-0.1, -0.05) is 37.6 Å². The number of carbonyl (C=O) groups is 1. The Bertz CT molecular complexity index is 749. The van der Waals surface area contributed by atoms with Gasteiger partial charge in [0.15, 0.2) is 0 Å².